The molecule has 0 N–H and O–H groups in total. The molecule has 0 bridgehead atoms. The van der Waals surface area contributed by atoms with E-state index in [0.29, 0.717) is 16.5 Å². The van der Waals surface area contributed by atoms with Gasteiger partial charge in [-0.25, -0.2) is 0 Å². The molecule has 0 aliphatic carbocycles. The SMILES string of the molecule is CCCCC(CC)Oc1ccc(-c2c3/c(=C(\C#N)c4ccc5ccccc5[n+]4C)n(B(c4ccccc4)c4ccccc4)c(-c4ccc(OC(CC)CCCC)cc4)c3/c(=C(\C#N)c3ccc4ccccc4[n+]3B(c3ccccc3)c3ccccc3)n2C)cc1. The second-order valence-corrected chi connectivity index (χ2v) is 23.6. The Labute approximate surface area is 530 Å². The highest BCUT2D eigenvalue weighted by molar-refractivity contribution is 6.84. The molecule has 2 atom stereocenters. The Morgan fingerprint density at radius 2 is 0.867 bits per heavy atom. The average Bonchev–Trinajstić information content (AvgIpc) is 1.53. The molecule has 0 amide bonds. The molecule has 0 spiro atoms. The summed E-state index contributed by atoms with van der Waals surface area (Å²) in [5.41, 5.74) is 12.1. The molecule has 8 aromatic carbocycles. The minimum Gasteiger partial charge on any atom is -0.490 e. The Hall–Kier alpha value is -10.2. The summed E-state index contributed by atoms with van der Waals surface area (Å²) in [6, 6.07) is 90.8. The predicted octanol–water partition coefficient (Wildman–Crippen LogP) is 13.2. The molecule has 4 aromatic heterocycles. The van der Waals surface area contributed by atoms with Gasteiger partial charge in [-0.3, -0.25) is 4.48 Å². The molecule has 10 heteroatoms. The fourth-order valence-electron chi connectivity index (χ4n) is 13.5. The zero-order valence-corrected chi connectivity index (χ0v) is 52.6. The number of aromatic nitrogens is 4. The maximum atomic E-state index is 12.7. The number of pyridine rings is 2. The summed E-state index contributed by atoms with van der Waals surface area (Å²) in [6.07, 6.45) is 8.23. The second kappa shape index (κ2) is 27.5. The molecule has 8 nitrogen and oxygen atoms in total. The molecule has 0 radical (unpaired) electrons. The third kappa shape index (κ3) is 11.7. The van der Waals surface area contributed by atoms with Crippen molar-refractivity contribution in [2.24, 2.45) is 14.1 Å². The lowest BCUT2D eigenvalue weighted by Crippen LogP contribution is -2.67. The minimum absolute atomic E-state index is 0.0651. The molecule has 0 fully saturated rings. The van der Waals surface area contributed by atoms with Crippen LogP contribution >= 0.6 is 0 Å². The molecule has 442 valence electrons. The van der Waals surface area contributed by atoms with Crippen LogP contribution < -0.4 is 51.1 Å². The van der Waals surface area contributed by atoms with E-state index in [-0.39, 0.29) is 19.1 Å². The normalized spacial score (nSPS) is 12.7. The van der Waals surface area contributed by atoms with Crippen LogP contribution in [0.2, 0.25) is 0 Å². The molecular formula is C80H76B2N6O2+2. The average molecular weight is 1180 g/mol. The summed E-state index contributed by atoms with van der Waals surface area (Å²) < 4.78 is 22.8. The Balaban J connectivity index is 1.33. The highest BCUT2D eigenvalue weighted by atomic mass is 16.5. The molecular weight excluding hydrogens is 1100 g/mol. The zero-order valence-electron chi connectivity index (χ0n) is 52.6. The Bertz CT molecular complexity index is 4630. The van der Waals surface area contributed by atoms with Crippen LogP contribution in [-0.4, -0.2) is 34.9 Å². The zero-order chi connectivity index (χ0) is 62.1. The van der Waals surface area contributed by atoms with Gasteiger partial charge in [-0.15, -0.1) is 0 Å². The first-order chi connectivity index (χ1) is 44.3. The van der Waals surface area contributed by atoms with E-state index in [4.69, 9.17) is 9.47 Å². The van der Waals surface area contributed by atoms with E-state index in [9.17, 15) is 10.5 Å². The lowest BCUT2D eigenvalue weighted by Gasteiger charge is -2.22. The van der Waals surface area contributed by atoms with Gasteiger partial charge in [0.25, 0.3) is 0 Å². The summed E-state index contributed by atoms with van der Waals surface area (Å²) in [4.78, 5) is 0. The summed E-state index contributed by atoms with van der Waals surface area (Å²) >= 11 is 0. The third-order valence-electron chi connectivity index (χ3n) is 18.0. The van der Waals surface area contributed by atoms with Crippen LogP contribution in [0.3, 0.4) is 0 Å². The van der Waals surface area contributed by atoms with Crippen LogP contribution in [0.1, 0.15) is 90.4 Å². The Kier molecular flexibility index (Phi) is 18.4. The highest BCUT2D eigenvalue weighted by Crippen LogP contribution is 2.37. The molecule has 0 saturated carbocycles. The van der Waals surface area contributed by atoms with Gasteiger partial charge in [0.15, 0.2) is 5.52 Å². The fourth-order valence-corrected chi connectivity index (χ4v) is 13.5. The maximum Gasteiger partial charge on any atom is 0.559 e. The van der Waals surface area contributed by atoms with Gasteiger partial charge in [-0.2, -0.15) is 15.1 Å². The van der Waals surface area contributed by atoms with Crippen molar-refractivity contribution in [3.63, 3.8) is 0 Å². The van der Waals surface area contributed by atoms with Gasteiger partial charge in [0.1, 0.15) is 41.8 Å². The van der Waals surface area contributed by atoms with Crippen LogP contribution in [0.5, 0.6) is 11.5 Å². The van der Waals surface area contributed by atoms with E-state index in [2.05, 4.69) is 315 Å². The predicted molar refractivity (Wildman–Crippen MR) is 372 cm³/mol. The number of benzene rings is 8. The molecule has 12 aromatic rings. The molecule has 90 heavy (non-hydrogen) atoms. The number of hydrogen-bond donors (Lipinski definition) is 0. The van der Waals surface area contributed by atoms with Crippen LogP contribution in [0.25, 0.3) is 66.2 Å². The largest absolute Gasteiger partial charge is 0.559 e. The number of hydrogen-bond acceptors (Lipinski definition) is 4. The number of nitriles is 2. The molecule has 4 heterocycles. The number of ether oxygens (including phenoxy) is 2. The number of unbranched alkanes of at least 4 members (excludes halogenated alkanes) is 2. The van der Waals surface area contributed by atoms with Crippen molar-refractivity contribution in [1.29, 1.82) is 10.5 Å². The molecule has 0 aliphatic heterocycles. The van der Waals surface area contributed by atoms with Gasteiger partial charge in [0, 0.05) is 69.5 Å². The van der Waals surface area contributed by atoms with Crippen molar-refractivity contribution in [3.05, 3.63) is 265 Å². The number of aryl methyl sites for hydroxylation is 1. The summed E-state index contributed by atoms with van der Waals surface area (Å²) in [5, 5.41) is 30.4. The topological polar surface area (TPSA) is 83.7 Å². The molecule has 12 rings (SSSR count). The van der Waals surface area contributed by atoms with Gasteiger partial charge in [-0.1, -0.05) is 210 Å². The monoisotopic (exact) mass is 1170 g/mol. The molecule has 2 unspecified atom stereocenters. The molecule has 0 saturated heterocycles. The lowest BCUT2D eigenvalue weighted by atomic mass is 9.50. The van der Waals surface area contributed by atoms with Gasteiger partial charge >= 0.3 is 13.7 Å². The van der Waals surface area contributed by atoms with E-state index in [0.717, 1.165) is 157 Å². The van der Waals surface area contributed by atoms with E-state index in [1.165, 1.54) is 0 Å². The first-order valence-electron chi connectivity index (χ1n) is 32.2. The maximum absolute atomic E-state index is 12.7. The number of nitrogens with zero attached hydrogens (tertiary/aromatic N) is 6. The van der Waals surface area contributed by atoms with Crippen LogP contribution in [0.15, 0.2) is 243 Å². The Morgan fingerprint density at radius 3 is 1.34 bits per heavy atom. The second-order valence-electron chi connectivity index (χ2n) is 23.6. The van der Waals surface area contributed by atoms with Crippen LogP contribution in [0, 0.1) is 22.7 Å². The quantitative estimate of drug-likeness (QED) is 0.0500. The van der Waals surface area contributed by atoms with Crippen molar-refractivity contribution < 1.29 is 18.5 Å². The van der Waals surface area contributed by atoms with Crippen LogP contribution in [0.4, 0.5) is 0 Å². The van der Waals surface area contributed by atoms with Crippen molar-refractivity contribution in [3.8, 4) is 46.2 Å². The first-order valence-corrected chi connectivity index (χ1v) is 32.2. The summed E-state index contributed by atoms with van der Waals surface area (Å²) in [7, 11) is 4.16. The van der Waals surface area contributed by atoms with E-state index >= 15 is 0 Å². The van der Waals surface area contributed by atoms with Gasteiger partial charge in [-0.05, 0) is 110 Å². The third-order valence-corrected chi connectivity index (χ3v) is 18.0. The summed E-state index contributed by atoms with van der Waals surface area (Å²) in [6.45, 7) is 7.98. The number of fused-ring (bicyclic) bond motifs is 3. The summed E-state index contributed by atoms with van der Waals surface area (Å²) in [5.74, 6) is 1.58. The first kappa shape index (κ1) is 60.1. The van der Waals surface area contributed by atoms with Crippen molar-refractivity contribution >= 4 is 79.3 Å². The highest BCUT2D eigenvalue weighted by Gasteiger charge is 2.41. The van der Waals surface area contributed by atoms with E-state index < -0.39 is 6.85 Å². The van der Waals surface area contributed by atoms with E-state index in [1.807, 2.05) is 0 Å². The number of para-hydroxylation sites is 2. The smallest absolute Gasteiger partial charge is 0.490 e. The van der Waals surface area contributed by atoms with Crippen molar-refractivity contribution in [2.45, 2.75) is 91.3 Å². The van der Waals surface area contributed by atoms with Gasteiger partial charge in [0.05, 0.1) is 28.6 Å². The standard InChI is InChI=1S/C80H76B2N6O2/c1-7-11-39-65(9-3)89-67-49-43-59(44-50-67)77-75-76(79(86(77)6)70(56-84)74-54-48-58-30-26-28-42-72(58)87(74)81(61-31-17-13-18-32-61)62-33-19-14-20-34-62)78(60-45-51-68(52-46-60)90-66(10-4)40-12-8-2)88(82(63-35-21-15-22-36-63)64-37-23-16-24-38-64)80(75)69(55-83)73-53-47-57-29-25-27-41-71(57)85(73)5/h13-38,41-54,65-66H,7-12,39-40H2,1-6H3/q+2. The van der Waals surface area contributed by atoms with Crippen molar-refractivity contribution in [1.82, 2.24) is 9.05 Å². The van der Waals surface area contributed by atoms with E-state index in [1.54, 1.807) is 0 Å². The van der Waals surface area contributed by atoms with Gasteiger partial charge in [0.2, 0.25) is 16.9 Å². The number of rotatable bonds is 22. The minimum atomic E-state index is -0.499. The fraction of sp³-hybridized carbons (Fsp3) is 0.200. The molecule has 0 aliphatic rings. The lowest BCUT2D eigenvalue weighted by molar-refractivity contribution is -0.647. The van der Waals surface area contributed by atoms with Crippen molar-refractivity contribution in [2.75, 3.05) is 0 Å². The van der Waals surface area contributed by atoms with Crippen LogP contribution in [-0.2, 0) is 14.1 Å². The van der Waals surface area contributed by atoms with Gasteiger partial charge < -0.3 is 18.5 Å². The Morgan fingerprint density at radius 1 is 0.456 bits per heavy atom.